The van der Waals surface area contributed by atoms with Crippen molar-refractivity contribution in [3.05, 3.63) is 59.1 Å². The summed E-state index contributed by atoms with van der Waals surface area (Å²) in [6.45, 7) is 0.684. The van der Waals surface area contributed by atoms with E-state index in [0.717, 1.165) is 18.4 Å². The zero-order chi connectivity index (χ0) is 23.7. The smallest absolute Gasteiger partial charge is 0.411 e. The fourth-order valence-corrected chi connectivity index (χ4v) is 5.31. The third-order valence-electron chi connectivity index (χ3n) is 7.07. The van der Waals surface area contributed by atoms with Crippen molar-refractivity contribution in [3.63, 3.8) is 0 Å². The van der Waals surface area contributed by atoms with E-state index in [0.29, 0.717) is 25.1 Å². The molecule has 1 unspecified atom stereocenters. The molecule has 178 valence electrons. The maximum Gasteiger partial charge on any atom is 0.411 e. The molecule has 1 aromatic carbocycles. The highest BCUT2D eigenvalue weighted by Crippen LogP contribution is 2.52. The molecular weight excluding hydrogens is 458 g/mol. The van der Waals surface area contributed by atoms with E-state index in [9.17, 15) is 14.4 Å². The average Bonchev–Trinajstić information content (AvgIpc) is 3.66. The van der Waals surface area contributed by atoms with Crippen LogP contribution < -0.4 is 5.32 Å². The number of fused-ring (bicyclic) bond motifs is 2. The van der Waals surface area contributed by atoms with E-state index in [1.807, 2.05) is 30.3 Å². The number of nitrogens with one attached hydrogen (secondary N) is 1. The molecule has 2 aromatic rings. The van der Waals surface area contributed by atoms with Crippen molar-refractivity contribution in [1.82, 2.24) is 25.1 Å². The first kappa shape index (κ1) is 22.6. The van der Waals surface area contributed by atoms with Gasteiger partial charge >= 0.3 is 6.09 Å². The summed E-state index contributed by atoms with van der Waals surface area (Å²) in [4.78, 5) is 50.3. The van der Waals surface area contributed by atoms with E-state index in [1.54, 1.807) is 9.80 Å². The number of aromatic nitrogens is 2. The molecule has 0 radical (unpaired) electrons. The van der Waals surface area contributed by atoms with Crippen LogP contribution in [0, 0.1) is 5.92 Å². The molecule has 1 N–H and O–H groups in total. The van der Waals surface area contributed by atoms with Crippen molar-refractivity contribution in [2.24, 2.45) is 5.92 Å². The minimum absolute atomic E-state index is 0.0202. The fourth-order valence-electron chi connectivity index (χ4n) is 5.14. The molecule has 9 nitrogen and oxygen atoms in total. The van der Waals surface area contributed by atoms with Crippen molar-refractivity contribution >= 4 is 29.5 Å². The number of benzene rings is 1. The Morgan fingerprint density at radius 2 is 1.91 bits per heavy atom. The molecule has 1 saturated carbocycles. The highest BCUT2D eigenvalue weighted by Gasteiger charge is 2.62. The van der Waals surface area contributed by atoms with E-state index < -0.39 is 6.09 Å². The Labute approximate surface area is 202 Å². The quantitative estimate of drug-likeness (QED) is 0.700. The Morgan fingerprint density at radius 3 is 2.65 bits per heavy atom. The SMILES string of the molecule is O=C(NCc1nccnc1Cl)C1CC[C@@H]2N(C1)C(=O)CN(C(=O)OCc1ccccc1)C21CC1. The van der Waals surface area contributed by atoms with Gasteiger partial charge in [0.1, 0.15) is 13.2 Å². The number of halogens is 1. The monoisotopic (exact) mass is 483 g/mol. The number of rotatable bonds is 5. The molecule has 2 atom stereocenters. The minimum Gasteiger partial charge on any atom is -0.445 e. The molecule has 3 aliphatic rings. The van der Waals surface area contributed by atoms with E-state index >= 15 is 0 Å². The van der Waals surface area contributed by atoms with Gasteiger partial charge in [0.2, 0.25) is 11.8 Å². The van der Waals surface area contributed by atoms with Gasteiger partial charge in [-0.3, -0.25) is 19.5 Å². The van der Waals surface area contributed by atoms with Gasteiger partial charge in [0.25, 0.3) is 0 Å². The Balaban J connectivity index is 1.20. The predicted molar refractivity (Wildman–Crippen MR) is 122 cm³/mol. The summed E-state index contributed by atoms with van der Waals surface area (Å²) in [6.07, 6.45) is 5.55. The first-order valence-corrected chi connectivity index (χ1v) is 11.9. The second-order valence-electron chi connectivity index (χ2n) is 9.08. The number of piperidine rings is 1. The molecule has 1 aliphatic carbocycles. The number of ether oxygens (including phenoxy) is 1. The number of carbonyl (C=O) groups excluding carboxylic acids is 3. The van der Waals surface area contributed by atoms with Gasteiger partial charge in [-0.25, -0.2) is 9.78 Å². The molecule has 34 heavy (non-hydrogen) atoms. The lowest BCUT2D eigenvalue weighted by molar-refractivity contribution is -0.150. The third kappa shape index (κ3) is 4.32. The minimum atomic E-state index is -0.449. The van der Waals surface area contributed by atoms with Crippen molar-refractivity contribution in [2.45, 2.75) is 50.4 Å². The summed E-state index contributed by atoms with van der Waals surface area (Å²) < 4.78 is 5.54. The molecule has 3 heterocycles. The van der Waals surface area contributed by atoms with E-state index in [1.165, 1.54) is 12.4 Å². The molecule has 3 amide bonds. The molecule has 1 spiro atoms. The van der Waals surface area contributed by atoms with Crippen molar-refractivity contribution in [1.29, 1.82) is 0 Å². The van der Waals surface area contributed by atoms with Crippen molar-refractivity contribution in [2.75, 3.05) is 13.1 Å². The van der Waals surface area contributed by atoms with Crippen LogP contribution in [0.25, 0.3) is 0 Å². The highest BCUT2D eigenvalue weighted by atomic mass is 35.5. The van der Waals surface area contributed by atoms with Gasteiger partial charge < -0.3 is 15.0 Å². The standard InChI is InChI=1S/C24H26ClN5O4/c25-21-18(26-10-11-27-21)12-28-22(32)17-6-7-19-24(8-9-24)30(14-20(31)29(19)13-17)23(33)34-15-16-4-2-1-3-5-16/h1-5,10-11,17,19H,6-9,12-15H2,(H,28,32)/t17?,19-/m0/s1. The molecule has 1 aromatic heterocycles. The summed E-state index contributed by atoms with van der Waals surface area (Å²) in [5.41, 5.74) is 1.03. The van der Waals surface area contributed by atoms with Gasteiger partial charge in [0, 0.05) is 18.9 Å². The number of nitrogens with zero attached hydrogens (tertiary/aromatic N) is 4. The lowest BCUT2D eigenvalue weighted by atomic mass is 9.84. The summed E-state index contributed by atoms with van der Waals surface area (Å²) in [5.74, 6) is -0.598. The Bertz CT molecular complexity index is 1090. The molecule has 2 aliphatic heterocycles. The van der Waals surface area contributed by atoms with Crippen LogP contribution >= 0.6 is 11.6 Å². The molecular formula is C24H26ClN5O4. The topological polar surface area (TPSA) is 105 Å². The number of amides is 3. The summed E-state index contributed by atoms with van der Waals surface area (Å²) in [6, 6.07) is 9.40. The van der Waals surface area contributed by atoms with E-state index in [2.05, 4.69) is 15.3 Å². The first-order valence-electron chi connectivity index (χ1n) is 11.5. The summed E-state index contributed by atoms with van der Waals surface area (Å²) in [7, 11) is 0. The zero-order valence-electron chi connectivity index (χ0n) is 18.7. The number of piperazine rings is 1. The third-order valence-corrected chi connectivity index (χ3v) is 7.38. The van der Waals surface area contributed by atoms with Crippen LogP contribution in [0.1, 0.15) is 36.9 Å². The highest BCUT2D eigenvalue weighted by molar-refractivity contribution is 6.30. The molecule has 0 bridgehead atoms. The van der Waals surface area contributed by atoms with Crippen LogP contribution in [-0.2, 0) is 27.5 Å². The number of hydrogen-bond acceptors (Lipinski definition) is 6. The van der Waals surface area contributed by atoms with Gasteiger partial charge in [-0.05, 0) is 31.2 Å². The lowest BCUT2D eigenvalue weighted by Crippen LogP contribution is -2.67. The second kappa shape index (κ2) is 9.21. The lowest BCUT2D eigenvalue weighted by Gasteiger charge is -2.51. The van der Waals surface area contributed by atoms with Gasteiger partial charge in [-0.2, -0.15) is 0 Å². The van der Waals surface area contributed by atoms with Crippen LogP contribution in [0.5, 0.6) is 0 Å². The average molecular weight is 484 g/mol. The Morgan fingerprint density at radius 1 is 1.15 bits per heavy atom. The maximum atomic E-state index is 13.0. The molecule has 3 fully saturated rings. The number of carbonyl (C=O) groups is 3. The van der Waals surface area contributed by atoms with E-state index in [-0.39, 0.29) is 54.2 Å². The summed E-state index contributed by atoms with van der Waals surface area (Å²) in [5, 5.41) is 3.12. The Kier molecular flexibility index (Phi) is 6.12. The zero-order valence-corrected chi connectivity index (χ0v) is 19.4. The first-order chi connectivity index (χ1) is 16.5. The van der Waals surface area contributed by atoms with Crippen molar-refractivity contribution in [3.8, 4) is 0 Å². The molecule has 10 heteroatoms. The predicted octanol–water partition coefficient (Wildman–Crippen LogP) is 2.54. The van der Waals surface area contributed by atoms with Crippen LogP contribution in [0.3, 0.4) is 0 Å². The second-order valence-corrected chi connectivity index (χ2v) is 9.44. The molecule has 2 saturated heterocycles. The fraction of sp³-hybridized carbons (Fsp3) is 0.458. The van der Waals surface area contributed by atoms with Gasteiger partial charge in [0.05, 0.1) is 29.7 Å². The van der Waals surface area contributed by atoms with Crippen LogP contribution in [-0.4, -0.2) is 62.3 Å². The molecule has 5 rings (SSSR count). The van der Waals surface area contributed by atoms with Gasteiger partial charge in [-0.15, -0.1) is 0 Å². The van der Waals surface area contributed by atoms with Crippen LogP contribution in [0.15, 0.2) is 42.7 Å². The van der Waals surface area contributed by atoms with Crippen LogP contribution in [0.4, 0.5) is 4.79 Å². The maximum absolute atomic E-state index is 13.0. The van der Waals surface area contributed by atoms with Crippen molar-refractivity contribution < 1.29 is 19.1 Å². The van der Waals surface area contributed by atoms with Gasteiger partial charge in [-0.1, -0.05) is 41.9 Å². The Hall–Kier alpha value is -3.20. The summed E-state index contributed by atoms with van der Waals surface area (Å²) >= 11 is 6.02. The number of hydrogen-bond donors (Lipinski definition) is 1. The largest absolute Gasteiger partial charge is 0.445 e. The normalized spacial score (nSPS) is 22.8. The van der Waals surface area contributed by atoms with Crippen LogP contribution in [0.2, 0.25) is 5.15 Å². The van der Waals surface area contributed by atoms with Gasteiger partial charge in [0.15, 0.2) is 5.15 Å². The van der Waals surface area contributed by atoms with E-state index in [4.69, 9.17) is 16.3 Å².